The van der Waals surface area contributed by atoms with Crippen molar-refractivity contribution in [1.82, 2.24) is 19.5 Å². The largest absolute Gasteiger partial charge is 0.459 e. The smallest absolute Gasteiger partial charge is 0.308 e. The number of fused-ring (bicyclic) bond motifs is 2. The van der Waals surface area contributed by atoms with Crippen LogP contribution in [0.1, 0.15) is 48.1 Å². The predicted octanol–water partition coefficient (Wildman–Crippen LogP) is 2.72. The third kappa shape index (κ3) is 3.88. The van der Waals surface area contributed by atoms with E-state index in [2.05, 4.69) is 10.1 Å². The van der Waals surface area contributed by atoms with E-state index >= 15 is 0 Å². The van der Waals surface area contributed by atoms with Crippen LogP contribution in [0.3, 0.4) is 0 Å². The van der Waals surface area contributed by atoms with Gasteiger partial charge in [0.05, 0.1) is 18.2 Å². The van der Waals surface area contributed by atoms with Crippen LogP contribution < -0.4 is 5.56 Å². The minimum Gasteiger partial charge on any atom is -0.459 e. The van der Waals surface area contributed by atoms with Gasteiger partial charge in [-0.1, -0.05) is 42.5 Å². The number of aryl methyl sites for hydroxylation is 1. The first-order valence-electron chi connectivity index (χ1n) is 9.56. The molecule has 30 heavy (non-hydrogen) atoms. The predicted molar refractivity (Wildman–Crippen MR) is 112 cm³/mol. The summed E-state index contributed by atoms with van der Waals surface area (Å²) in [5.74, 6) is -0.632. The Morgan fingerprint density at radius 2 is 2.07 bits per heavy atom. The van der Waals surface area contributed by atoms with E-state index in [1.807, 2.05) is 37.3 Å². The summed E-state index contributed by atoms with van der Waals surface area (Å²) >= 11 is 1.33. The Balaban J connectivity index is 1.49. The lowest BCUT2D eigenvalue weighted by Gasteiger charge is -2.32. The molecule has 3 heterocycles. The van der Waals surface area contributed by atoms with Gasteiger partial charge in [0.25, 0.3) is 5.56 Å². The average Bonchev–Trinajstić information content (AvgIpc) is 3.16. The molecule has 1 unspecified atom stereocenters. The molecule has 0 N–H and O–H groups in total. The summed E-state index contributed by atoms with van der Waals surface area (Å²) < 4.78 is 6.64. The highest BCUT2D eigenvalue weighted by Gasteiger charge is 2.28. The van der Waals surface area contributed by atoms with Crippen molar-refractivity contribution < 1.29 is 14.3 Å². The van der Waals surface area contributed by atoms with E-state index in [0.717, 1.165) is 16.1 Å². The summed E-state index contributed by atoms with van der Waals surface area (Å²) in [4.78, 5) is 43.2. The first kappa shape index (κ1) is 20.0. The molecule has 1 aliphatic heterocycles. The number of rotatable bonds is 5. The van der Waals surface area contributed by atoms with Crippen molar-refractivity contribution in [3.63, 3.8) is 0 Å². The Morgan fingerprint density at radius 1 is 1.27 bits per heavy atom. The molecule has 0 bridgehead atoms. The Bertz CT molecular complexity index is 1210. The Hall–Kier alpha value is -3.33. The van der Waals surface area contributed by atoms with Crippen LogP contribution in [0.15, 0.2) is 41.3 Å². The fourth-order valence-electron chi connectivity index (χ4n) is 3.40. The lowest BCUT2D eigenvalue weighted by Crippen LogP contribution is -2.32. The van der Waals surface area contributed by atoms with Gasteiger partial charge in [0.2, 0.25) is 10.9 Å². The number of carbonyl (C=O) groups is 2. The number of hydrogen-bond acceptors (Lipinski definition) is 7. The molecule has 0 spiro atoms. The Kier molecular flexibility index (Phi) is 5.45. The Labute approximate surface area is 176 Å². The van der Waals surface area contributed by atoms with Crippen LogP contribution in [0.5, 0.6) is 0 Å². The summed E-state index contributed by atoms with van der Waals surface area (Å²) in [6, 6.07) is 8.50. The zero-order chi connectivity index (χ0) is 21.3. The van der Waals surface area contributed by atoms with Gasteiger partial charge in [-0.05, 0) is 23.6 Å². The highest BCUT2D eigenvalue weighted by molar-refractivity contribution is 7.16. The zero-order valence-corrected chi connectivity index (χ0v) is 17.4. The molecular weight excluding hydrogens is 404 g/mol. The van der Waals surface area contributed by atoms with E-state index in [-0.39, 0.29) is 24.5 Å². The summed E-state index contributed by atoms with van der Waals surface area (Å²) in [5.41, 5.74) is 1.91. The van der Waals surface area contributed by atoms with Crippen LogP contribution in [-0.4, -0.2) is 31.4 Å². The first-order chi connectivity index (χ1) is 14.5. The van der Waals surface area contributed by atoms with Crippen LogP contribution in [0, 0.1) is 0 Å². The van der Waals surface area contributed by atoms with E-state index < -0.39 is 12.0 Å². The third-order valence-corrected chi connectivity index (χ3v) is 5.91. The zero-order valence-electron chi connectivity index (χ0n) is 16.6. The lowest BCUT2D eigenvalue weighted by atomic mass is 9.94. The molecule has 0 saturated carbocycles. The lowest BCUT2D eigenvalue weighted by molar-refractivity contribution is -0.147. The van der Waals surface area contributed by atoms with Gasteiger partial charge >= 0.3 is 5.97 Å². The first-order valence-corrected chi connectivity index (χ1v) is 10.4. The standard InChI is InChI=1S/C21H20N4O4S/c1-3-18-23-25-19(27)10-15(22-21(25)30-18)12-29-20(28)11-17-16-7-5-4-6-14(16)8-9-24(17)13(2)26/h4-10,17H,3,11-12H2,1-2H3. The molecular formula is C21H20N4O4S. The molecule has 0 radical (unpaired) electrons. The van der Waals surface area contributed by atoms with E-state index in [1.54, 1.807) is 6.20 Å². The number of hydrogen-bond donors (Lipinski definition) is 0. The molecule has 1 aromatic carbocycles. The fourth-order valence-corrected chi connectivity index (χ4v) is 4.25. The molecule has 4 rings (SSSR count). The van der Waals surface area contributed by atoms with Gasteiger partial charge in [0, 0.05) is 19.2 Å². The summed E-state index contributed by atoms with van der Waals surface area (Å²) in [5, 5.41) is 5.01. The van der Waals surface area contributed by atoms with E-state index in [1.165, 1.54) is 33.7 Å². The quantitative estimate of drug-likeness (QED) is 0.585. The number of aromatic nitrogens is 3. The van der Waals surface area contributed by atoms with Crippen LogP contribution in [-0.2, 0) is 27.4 Å². The second kappa shape index (κ2) is 8.19. The molecule has 0 aliphatic carbocycles. The van der Waals surface area contributed by atoms with Crippen molar-refractivity contribution in [3.8, 4) is 0 Å². The van der Waals surface area contributed by atoms with Crippen molar-refractivity contribution in [2.24, 2.45) is 0 Å². The van der Waals surface area contributed by atoms with Crippen molar-refractivity contribution in [3.05, 3.63) is 68.7 Å². The van der Waals surface area contributed by atoms with Crippen LogP contribution in [0.2, 0.25) is 0 Å². The van der Waals surface area contributed by atoms with Crippen LogP contribution in [0.25, 0.3) is 11.0 Å². The second-order valence-corrected chi connectivity index (χ2v) is 7.92. The molecule has 3 aromatic rings. The van der Waals surface area contributed by atoms with Crippen molar-refractivity contribution in [2.75, 3.05) is 0 Å². The normalized spacial score (nSPS) is 15.3. The maximum atomic E-state index is 12.6. The summed E-state index contributed by atoms with van der Waals surface area (Å²) in [7, 11) is 0. The molecule has 0 fully saturated rings. The Morgan fingerprint density at radius 3 is 2.83 bits per heavy atom. The van der Waals surface area contributed by atoms with Crippen molar-refractivity contribution >= 4 is 34.3 Å². The highest BCUT2D eigenvalue weighted by atomic mass is 32.1. The number of carbonyl (C=O) groups excluding carboxylic acids is 2. The van der Waals surface area contributed by atoms with Crippen molar-refractivity contribution in [2.45, 2.75) is 39.3 Å². The van der Waals surface area contributed by atoms with Gasteiger partial charge in [-0.25, -0.2) is 4.98 Å². The van der Waals surface area contributed by atoms with Crippen LogP contribution >= 0.6 is 11.3 Å². The highest BCUT2D eigenvalue weighted by Crippen LogP contribution is 2.33. The number of ether oxygens (including phenoxy) is 1. The fraction of sp³-hybridized carbons (Fsp3) is 0.286. The minimum absolute atomic E-state index is 0.00268. The molecule has 0 saturated heterocycles. The minimum atomic E-state index is -0.475. The number of benzene rings is 1. The maximum absolute atomic E-state index is 12.6. The van der Waals surface area contributed by atoms with Gasteiger partial charge in [-0.3, -0.25) is 14.4 Å². The third-order valence-electron chi connectivity index (χ3n) is 4.85. The number of nitrogens with zero attached hydrogens (tertiary/aromatic N) is 4. The summed E-state index contributed by atoms with van der Waals surface area (Å²) in [6.45, 7) is 3.30. The molecule has 1 amide bonds. The van der Waals surface area contributed by atoms with Gasteiger partial charge in [-0.2, -0.15) is 9.61 Å². The van der Waals surface area contributed by atoms with Gasteiger partial charge in [0.15, 0.2) is 0 Å². The molecule has 8 nitrogen and oxygen atoms in total. The molecule has 154 valence electrons. The SMILES string of the molecule is CCc1nn2c(=O)cc(COC(=O)CC3c4ccccc4C=CN3C(C)=O)nc2s1. The molecule has 2 aromatic heterocycles. The second-order valence-electron chi connectivity index (χ2n) is 6.88. The van der Waals surface area contributed by atoms with E-state index in [0.29, 0.717) is 17.1 Å². The summed E-state index contributed by atoms with van der Waals surface area (Å²) in [6.07, 6.45) is 4.25. The number of amides is 1. The molecule has 1 atom stereocenters. The molecule has 9 heteroatoms. The maximum Gasteiger partial charge on any atom is 0.308 e. The van der Waals surface area contributed by atoms with Crippen molar-refractivity contribution in [1.29, 1.82) is 0 Å². The van der Waals surface area contributed by atoms with E-state index in [9.17, 15) is 14.4 Å². The van der Waals surface area contributed by atoms with Gasteiger partial charge < -0.3 is 9.64 Å². The van der Waals surface area contributed by atoms with Gasteiger partial charge in [0.1, 0.15) is 11.6 Å². The molecule has 1 aliphatic rings. The van der Waals surface area contributed by atoms with Crippen LogP contribution in [0.4, 0.5) is 0 Å². The monoisotopic (exact) mass is 424 g/mol. The van der Waals surface area contributed by atoms with Gasteiger partial charge in [-0.15, -0.1) is 0 Å². The topological polar surface area (TPSA) is 93.9 Å². The number of esters is 1. The average molecular weight is 424 g/mol. The van der Waals surface area contributed by atoms with E-state index in [4.69, 9.17) is 4.74 Å².